The molecular weight excluding hydrogens is 150 g/mol. The molecule has 0 unspecified atom stereocenters. The Balaban J connectivity index is 2.17. The van der Waals surface area contributed by atoms with E-state index < -0.39 is 0 Å². The van der Waals surface area contributed by atoms with Crippen LogP contribution in [0.25, 0.3) is 0 Å². The third-order valence-electron chi connectivity index (χ3n) is 3.77. The van der Waals surface area contributed by atoms with E-state index in [1.165, 1.54) is 25.9 Å². The summed E-state index contributed by atoms with van der Waals surface area (Å²) in [6, 6.07) is 0. The van der Waals surface area contributed by atoms with E-state index in [1.54, 1.807) is 0 Å². The van der Waals surface area contributed by atoms with Gasteiger partial charge in [0.05, 0.1) is 5.60 Å². The molecule has 2 bridgehead atoms. The van der Waals surface area contributed by atoms with Gasteiger partial charge in [0.25, 0.3) is 0 Å². The van der Waals surface area contributed by atoms with Crippen molar-refractivity contribution in [3.8, 4) is 0 Å². The van der Waals surface area contributed by atoms with Gasteiger partial charge in [-0.15, -0.1) is 0 Å². The topological polar surface area (TPSA) is 23.5 Å². The number of hydrogen-bond acceptors (Lipinski definition) is 2. The summed E-state index contributed by atoms with van der Waals surface area (Å²) in [6.07, 6.45) is 2.41. The minimum atomic E-state index is -0.378. The normalized spacial score (nSPS) is 47.0. The second-order valence-electron chi connectivity index (χ2n) is 4.70. The van der Waals surface area contributed by atoms with Gasteiger partial charge in [-0.25, -0.2) is 0 Å². The fourth-order valence-corrected chi connectivity index (χ4v) is 2.73. The van der Waals surface area contributed by atoms with E-state index in [9.17, 15) is 5.11 Å². The van der Waals surface area contributed by atoms with Crippen molar-refractivity contribution in [2.75, 3.05) is 19.6 Å². The van der Waals surface area contributed by atoms with E-state index in [1.807, 2.05) is 0 Å². The zero-order valence-electron chi connectivity index (χ0n) is 8.08. The molecule has 3 fully saturated rings. The number of nitrogens with zero attached hydrogens (tertiary/aromatic N) is 1. The summed E-state index contributed by atoms with van der Waals surface area (Å²) in [5.41, 5.74) is -0.378. The summed E-state index contributed by atoms with van der Waals surface area (Å²) in [5.74, 6) is 0.980. The maximum absolute atomic E-state index is 10.4. The summed E-state index contributed by atoms with van der Waals surface area (Å²) >= 11 is 0. The zero-order chi connectivity index (χ0) is 8.77. The van der Waals surface area contributed by atoms with Crippen LogP contribution in [-0.2, 0) is 0 Å². The maximum Gasteiger partial charge on any atom is 0.0825 e. The van der Waals surface area contributed by atoms with E-state index in [0.717, 1.165) is 6.54 Å². The number of piperidine rings is 3. The third kappa shape index (κ3) is 1.09. The molecule has 0 aromatic carbocycles. The van der Waals surface area contributed by atoms with E-state index in [0.29, 0.717) is 11.8 Å². The molecule has 2 heteroatoms. The van der Waals surface area contributed by atoms with Crippen LogP contribution in [0.2, 0.25) is 0 Å². The molecule has 70 valence electrons. The van der Waals surface area contributed by atoms with Crippen molar-refractivity contribution in [2.24, 2.45) is 11.8 Å². The molecule has 0 saturated carbocycles. The predicted octanol–water partition coefficient (Wildman–Crippen LogP) is 1.10. The molecular formula is C10H19NO. The molecule has 0 aromatic heterocycles. The Morgan fingerprint density at radius 2 is 1.92 bits per heavy atom. The molecule has 0 spiro atoms. The summed E-state index contributed by atoms with van der Waals surface area (Å²) in [7, 11) is 0. The van der Waals surface area contributed by atoms with Crippen molar-refractivity contribution in [3.63, 3.8) is 0 Å². The molecule has 0 aliphatic carbocycles. The van der Waals surface area contributed by atoms with Crippen molar-refractivity contribution >= 4 is 0 Å². The highest BCUT2D eigenvalue weighted by Crippen LogP contribution is 2.39. The van der Waals surface area contributed by atoms with Gasteiger partial charge >= 0.3 is 0 Å². The molecule has 1 N–H and O–H groups in total. The Labute approximate surface area is 74.6 Å². The van der Waals surface area contributed by atoms with E-state index in [4.69, 9.17) is 0 Å². The molecule has 3 rings (SSSR count). The van der Waals surface area contributed by atoms with Crippen molar-refractivity contribution in [3.05, 3.63) is 0 Å². The molecule has 0 amide bonds. The monoisotopic (exact) mass is 169 g/mol. The quantitative estimate of drug-likeness (QED) is 0.635. The Bertz CT molecular complexity index is 173. The lowest BCUT2D eigenvalue weighted by Gasteiger charge is -2.52. The summed E-state index contributed by atoms with van der Waals surface area (Å²) < 4.78 is 0. The lowest BCUT2D eigenvalue weighted by Crippen LogP contribution is -2.61. The average Bonchev–Trinajstić information content (AvgIpc) is 2.05. The first-order valence-corrected chi connectivity index (χ1v) is 5.07. The Morgan fingerprint density at radius 1 is 1.33 bits per heavy atom. The third-order valence-corrected chi connectivity index (χ3v) is 3.77. The van der Waals surface area contributed by atoms with E-state index in [-0.39, 0.29) is 5.60 Å². The number of fused-ring (bicyclic) bond motifs is 3. The molecule has 3 heterocycles. The number of hydrogen-bond donors (Lipinski definition) is 1. The Kier molecular flexibility index (Phi) is 1.92. The van der Waals surface area contributed by atoms with Crippen molar-refractivity contribution in [2.45, 2.75) is 32.3 Å². The van der Waals surface area contributed by atoms with E-state index >= 15 is 0 Å². The number of rotatable bonds is 1. The van der Waals surface area contributed by atoms with Crippen LogP contribution in [0, 0.1) is 11.8 Å². The SMILES string of the molecule is CC(C)[C@]1(O)CN2CCC1CC2. The minimum absolute atomic E-state index is 0.378. The first-order valence-electron chi connectivity index (χ1n) is 5.07. The smallest absolute Gasteiger partial charge is 0.0825 e. The lowest BCUT2D eigenvalue weighted by atomic mass is 9.70. The first-order chi connectivity index (χ1) is 5.63. The van der Waals surface area contributed by atoms with Gasteiger partial charge < -0.3 is 10.0 Å². The Hall–Kier alpha value is -0.0800. The van der Waals surface area contributed by atoms with Crippen LogP contribution < -0.4 is 0 Å². The van der Waals surface area contributed by atoms with Gasteiger partial charge in [0.1, 0.15) is 0 Å². The van der Waals surface area contributed by atoms with Gasteiger partial charge in [-0.05, 0) is 37.8 Å². The van der Waals surface area contributed by atoms with Crippen LogP contribution in [0.15, 0.2) is 0 Å². The standard InChI is InChI=1S/C10H19NO/c1-8(2)10(12)7-11-5-3-9(10)4-6-11/h8-9,12H,3-7H2,1-2H3/t10-/m1/s1. The van der Waals surface area contributed by atoms with Crippen molar-refractivity contribution in [1.82, 2.24) is 4.90 Å². The maximum atomic E-state index is 10.4. The van der Waals surface area contributed by atoms with Gasteiger partial charge in [-0.2, -0.15) is 0 Å². The average molecular weight is 169 g/mol. The summed E-state index contributed by atoms with van der Waals surface area (Å²) in [6.45, 7) is 7.61. The van der Waals surface area contributed by atoms with Crippen molar-refractivity contribution in [1.29, 1.82) is 0 Å². The molecule has 3 aliphatic rings. The van der Waals surface area contributed by atoms with Crippen LogP contribution in [0.4, 0.5) is 0 Å². The highest BCUT2D eigenvalue weighted by Gasteiger charge is 2.46. The zero-order valence-corrected chi connectivity index (χ0v) is 8.08. The van der Waals surface area contributed by atoms with Crippen LogP contribution >= 0.6 is 0 Å². The lowest BCUT2D eigenvalue weighted by molar-refractivity contribution is -0.138. The minimum Gasteiger partial charge on any atom is -0.388 e. The van der Waals surface area contributed by atoms with Crippen LogP contribution in [0.3, 0.4) is 0 Å². The molecule has 12 heavy (non-hydrogen) atoms. The fraction of sp³-hybridized carbons (Fsp3) is 1.00. The first kappa shape index (κ1) is 8.52. The highest BCUT2D eigenvalue weighted by atomic mass is 16.3. The van der Waals surface area contributed by atoms with Crippen molar-refractivity contribution < 1.29 is 5.11 Å². The highest BCUT2D eigenvalue weighted by molar-refractivity contribution is 4.99. The molecule has 3 saturated heterocycles. The number of aliphatic hydroxyl groups is 1. The molecule has 0 aromatic rings. The Morgan fingerprint density at radius 3 is 2.17 bits per heavy atom. The van der Waals surface area contributed by atoms with Crippen LogP contribution in [0.5, 0.6) is 0 Å². The fourth-order valence-electron chi connectivity index (χ4n) is 2.73. The largest absolute Gasteiger partial charge is 0.388 e. The van der Waals surface area contributed by atoms with Gasteiger partial charge in [0.2, 0.25) is 0 Å². The van der Waals surface area contributed by atoms with Gasteiger partial charge in [0, 0.05) is 6.54 Å². The molecule has 1 atom stereocenters. The second kappa shape index (κ2) is 2.71. The van der Waals surface area contributed by atoms with Gasteiger partial charge in [0.15, 0.2) is 0 Å². The molecule has 3 aliphatic heterocycles. The van der Waals surface area contributed by atoms with E-state index in [2.05, 4.69) is 18.7 Å². The molecule has 2 nitrogen and oxygen atoms in total. The van der Waals surface area contributed by atoms with Crippen LogP contribution in [0.1, 0.15) is 26.7 Å². The predicted molar refractivity (Wildman–Crippen MR) is 49.0 cm³/mol. The van der Waals surface area contributed by atoms with Gasteiger partial charge in [-0.1, -0.05) is 13.8 Å². The molecule has 0 radical (unpaired) electrons. The van der Waals surface area contributed by atoms with Crippen LogP contribution in [-0.4, -0.2) is 35.2 Å². The second-order valence-corrected chi connectivity index (χ2v) is 4.70. The summed E-state index contributed by atoms with van der Waals surface area (Å²) in [5, 5.41) is 10.4. The summed E-state index contributed by atoms with van der Waals surface area (Å²) in [4.78, 5) is 2.40. The van der Waals surface area contributed by atoms with Gasteiger partial charge in [-0.3, -0.25) is 0 Å².